The number of ether oxygens (including phenoxy) is 1. The molecular weight excluding hydrogens is 449 g/mol. The van der Waals surface area contributed by atoms with Crippen molar-refractivity contribution in [1.29, 1.82) is 0 Å². The third kappa shape index (κ3) is 4.34. The molecular formula is C24H25F3N4O3. The number of hydrogen-bond acceptors (Lipinski definition) is 5. The Balaban J connectivity index is 1.19. The van der Waals surface area contributed by atoms with E-state index in [1.807, 2.05) is 12.1 Å². The second-order valence-corrected chi connectivity index (χ2v) is 9.44. The van der Waals surface area contributed by atoms with Crippen LogP contribution in [0.2, 0.25) is 0 Å². The van der Waals surface area contributed by atoms with E-state index in [-0.39, 0.29) is 17.7 Å². The highest BCUT2D eigenvalue weighted by Crippen LogP contribution is 2.43. The molecule has 2 N–H and O–H groups in total. The largest absolute Gasteiger partial charge is 0.481 e. The molecule has 34 heavy (non-hydrogen) atoms. The molecule has 3 aromatic rings. The van der Waals surface area contributed by atoms with Crippen LogP contribution in [0, 0.1) is 5.41 Å². The van der Waals surface area contributed by atoms with Gasteiger partial charge < -0.3 is 19.7 Å². The van der Waals surface area contributed by atoms with Crippen LogP contribution in [0.25, 0.3) is 22.4 Å². The summed E-state index contributed by atoms with van der Waals surface area (Å²) in [6, 6.07) is 7.20. The molecule has 10 heteroatoms. The van der Waals surface area contributed by atoms with Crippen LogP contribution < -0.4 is 4.90 Å². The zero-order valence-electron chi connectivity index (χ0n) is 18.6. The summed E-state index contributed by atoms with van der Waals surface area (Å²) < 4.78 is 45.0. The number of nitrogens with zero attached hydrogens (tertiary/aromatic N) is 3. The van der Waals surface area contributed by atoms with Crippen molar-refractivity contribution in [3.8, 4) is 11.4 Å². The Morgan fingerprint density at radius 2 is 1.91 bits per heavy atom. The van der Waals surface area contributed by atoms with E-state index in [9.17, 15) is 23.1 Å². The molecule has 2 aliphatic rings. The first kappa shape index (κ1) is 22.6. The fourth-order valence-corrected chi connectivity index (χ4v) is 4.74. The number of carbonyl (C=O) groups is 1. The van der Waals surface area contributed by atoms with Crippen molar-refractivity contribution in [1.82, 2.24) is 15.0 Å². The minimum atomic E-state index is -4.41. The van der Waals surface area contributed by atoms with Crippen molar-refractivity contribution in [2.45, 2.75) is 51.0 Å². The number of nitrogens with one attached hydrogen (secondary N) is 1. The first-order valence-electron chi connectivity index (χ1n) is 11.3. The van der Waals surface area contributed by atoms with E-state index < -0.39 is 23.1 Å². The summed E-state index contributed by atoms with van der Waals surface area (Å²) in [4.78, 5) is 25.3. The molecule has 0 radical (unpaired) electrons. The van der Waals surface area contributed by atoms with E-state index in [4.69, 9.17) is 4.74 Å². The molecule has 7 nitrogen and oxygen atoms in total. The molecule has 2 aromatic heterocycles. The van der Waals surface area contributed by atoms with E-state index in [0.29, 0.717) is 29.7 Å². The average Bonchev–Trinajstić information content (AvgIpc) is 3.21. The Hall–Kier alpha value is -3.14. The molecule has 1 aliphatic carbocycles. The summed E-state index contributed by atoms with van der Waals surface area (Å²) >= 11 is 0. The maximum absolute atomic E-state index is 13.0. The van der Waals surface area contributed by atoms with Crippen molar-refractivity contribution >= 4 is 22.8 Å². The van der Waals surface area contributed by atoms with Gasteiger partial charge in [0, 0.05) is 24.8 Å². The third-order valence-electron chi connectivity index (χ3n) is 6.86. The number of piperidine rings is 1. The van der Waals surface area contributed by atoms with Crippen LogP contribution in [0.3, 0.4) is 0 Å². The number of carboxylic acid groups (broad SMARTS) is 1. The number of carboxylic acids is 1. The Kier molecular flexibility index (Phi) is 5.50. The van der Waals surface area contributed by atoms with Gasteiger partial charge in [-0.15, -0.1) is 0 Å². The van der Waals surface area contributed by atoms with Crippen LogP contribution in [0.1, 0.15) is 38.2 Å². The highest BCUT2D eigenvalue weighted by Gasteiger charge is 2.47. The summed E-state index contributed by atoms with van der Waals surface area (Å²) in [7, 11) is 0. The summed E-state index contributed by atoms with van der Waals surface area (Å²) in [6.07, 6.45) is 0.203. The highest BCUT2D eigenvalue weighted by molar-refractivity contribution is 5.80. The Morgan fingerprint density at radius 3 is 2.53 bits per heavy atom. The van der Waals surface area contributed by atoms with Crippen LogP contribution in [-0.2, 0) is 15.7 Å². The second kappa shape index (κ2) is 8.26. The van der Waals surface area contributed by atoms with Crippen molar-refractivity contribution < 1.29 is 27.8 Å². The van der Waals surface area contributed by atoms with Crippen molar-refractivity contribution in [3.05, 3.63) is 42.1 Å². The maximum atomic E-state index is 13.0. The molecule has 3 heterocycles. The lowest BCUT2D eigenvalue weighted by Gasteiger charge is -2.44. The number of aromatic nitrogens is 3. The van der Waals surface area contributed by atoms with Crippen LogP contribution in [0.4, 0.5) is 19.0 Å². The number of pyridine rings is 1. The lowest BCUT2D eigenvalue weighted by atomic mass is 9.68. The van der Waals surface area contributed by atoms with E-state index in [1.165, 1.54) is 6.07 Å². The van der Waals surface area contributed by atoms with Gasteiger partial charge in [-0.1, -0.05) is 0 Å². The number of benzene rings is 1. The number of halogens is 3. The van der Waals surface area contributed by atoms with Crippen molar-refractivity contribution in [3.63, 3.8) is 0 Å². The minimum absolute atomic E-state index is 0.0195. The molecule has 0 bridgehead atoms. The quantitative estimate of drug-likeness (QED) is 0.548. The molecule has 5 rings (SSSR count). The predicted molar refractivity (Wildman–Crippen MR) is 119 cm³/mol. The van der Waals surface area contributed by atoms with Gasteiger partial charge in [-0.3, -0.25) is 4.79 Å². The van der Waals surface area contributed by atoms with Gasteiger partial charge in [0.2, 0.25) is 0 Å². The van der Waals surface area contributed by atoms with Gasteiger partial charge in [-0.05, 0) is 62.9 Å². The lowest BCUT2D eigenvalue weighted by Crippen LogP contribution is -2.48. The molecule has 0 unspecified atom stereocenters. The highest BCUT2D eigenvalue weighted by atomic mass is 19.4. The Bertz CT molecular complexity index is 1190. The van der Waals surface area contributed by atoms with Crippen LogP contribution in [-0.4, -0.2) is 51.3 Å². The number of aromatic amines is 1. The summed E-state index contributed by atoms with van der Waals surface area (Å²) in [5, 5.41) is 9.23. The van der Waals surface area contributed by atoms with Gasteiger partial charge in [0.05, 0.1) is 34.2 Å². The second-order valence-electron chi connectivity index (χ2n) is 9.44. The number of aliphatic carboxylic acids is 1. The van der Waals surface area contributed by atoms with Gasteiger partial charge in [-0.2, -0.15) is 13.2 Å². The fourth-order valence-electron chi connectivity index (χ4n) is 4.74. The number of rotatable bonds is 5. The van der Waals surface area contributed by atoms with Gasteiger partial charge in [-0.25, -0.2) is 9.97 Å². The average molecular weight is 474 g/mol. The van der Waals surface area contributed by atoms with Gasteiger partial charge in [0.25, 0.3) is 0 Å². The van der Waals surface area contributed by atoms with Crippen LogP contribution >= 0.6 is 0 Å². The third-order valence-corrected chi connectivity index (χ3v) is 6.86. The summed E-state index contributed by atoms with van der Waals surface area (Å²) in [5.74, 6) is 0.527. The number of H-pyrrole nitrogens is 1. The van der Waals surface area contributed by atoms with E-state index in [1.54, 1.807) is 13.1 Å². The molecule has 1 aromatic carbocycles. The molecule has 2 fully saturated rings. The molecule has 1 saturated carbocycles. The predicted octanol–water partition coefficient (Wildman–Crippen LogP) is 4.88. The van der Waals surface area contributed by atoms with Gasteiger partial charge in [0.15, 0.2) is 0 Å². The zero-order valence-corrected chi connectivity index (χ0v) is 18.6. The normalized spacial score (nSPS) is 23.8. The molecule has 0 amide bonds. The standard InChI is InChI=1S/C24H25F3N4O3/c1-23(22(32)33)11-17(12-23)34-16-6-8-31(9-7-16)20-5-2-14(13-28-20)21-29-18-4-3-15(24(25,26)27)10-19(18)30-21/h2-5,10,13,16-17H,6-9,11-12H2,1H3,(H,29,30)(H,32,33)/t17-,23+. The molecule has 1 aliphatic heterocycles. The Labute approximate surface area is 194 Å². The first-order chi connectivity index (χ1) is 16.1. The summed E-state index contributed by atoms with van der Waals surface area (Å²) in [5.41, 5.74) is 0.0954. The zero-order chi connectivity index (χ0) is 24.1. The number of anilines is 1. The van der Waals surface area contributed by atoms with Crippen LogP contribution in [0.15, 0.2) is 36.5 Å². The molecule has 0 atom stereocenters. The van der Waals surface area contributed by atoms with Gasteiger partial charge in [0.1, 0.15) is 11.6 Å². The van der Waals surface area contributed by atoms with Crippen molar-refractivity contribution in [2.75, 3.05) is 18.0 Å². The number of imidazole rings is 1. The SMILES string of the molecule is C[C@]1(C(=O)O)C[C@@H](OC2CCN(c3ccc(-c4nc5cc(C(F)(F)F)ccc5[nH]4)cn3)CC2)C1. The van der Waals surface area contributed by atoms with Gasteiger partial charge >= 0.3 is 12.1 Å². The van der Waals surface area contributed by atoms with Crippen molar-refractivity contribution in [2.24, 2.45) is 5.41 Å². The topological polar surface area (TPSA) is 91.3 Å². The molecule has 0 spiro atoms. The summed E-state index contributed by atoms with van der Waals surface area (Å²) in [6.45, 7) is 3.33. The molecule has 1 saturated heterocycles. The monoisotopic (exact) mass is 474 g/mol. The minimum Gasteiger partial charge on any atom is -0.481 e. The first-order valence-corrected chi connectivity index (χ1v) is 11.3. The number of fused-ring (bicyclic) bond motifs is 1. The maximum Gasteiger partial charge on any atom is 0.416 e. The number of hydrogen-bond donors (Lipinski definition) is 2. The van der Waals surface area contributed by atoms with Crippen LogP contribution in [0.5, 0.6) is 0 Å². The fraction of sp³-hybridized carbons (Fsp3) is 0.458. The smallest absolute Gasteiger partial charge is 0.416 e. The number of alkyl halides is 3. The van der Waals surface area contributed by atoms with E-state index in [0.717, 1.165) is 43.9 Å². The lowest BCUT2D eigenvalue weighted by molar-refractivity contribution is -0.170. The molecule has 180 valence electrons. The van der Waals surface area contributed by atoms with E-state index in [2.05, 4.69) is 19.9 Å². The Morgan fingerprint density at radius 1 is 1.18 bits per heavy atom. The van der Waals surface area contributed by atoms with E-state index >= 15 is 0 Å².